The molecule has 0 fully saturated rings. The average molecular weight is 351 g/mol. The van der Waals surface area contributed by atoms with Gasteiger partial charge in [-0.05, 0) is 35.9 Å². The molecule has 0 bridgehead atoms. The third kappa shape index (κ3) is 2.53. The van der Waals surface area contributed by atoms with E-state index in [0.717, 1.165) is 16.5 Å². The van der Waals surface area contributed by atoms with E-state index in [0.29, 0.717) is 17.9 Å². The van der Waals surface area contributed by atoms with E-state index in [4.69, 9.17) is 9.47 Å². The quantitative estimate of drug-likeness (QED) is 0.790. The molecule has 0 spiro atoms. The second-order valence-corrected chi connectivity index (χ2v) is 5.63. The molecule has 21 heavy (non-hydrogen) atoms. The van der Waals surface area contributed by atoms with Crippen LogP contribution in [0.25, 0.3) is 0 Å². The van der Waals surface area contributed by atoms with Crippen LogP contribution in [0.5, 0.6) is 11.5 Å². The SMILES string of the molecule is COc1ccc(C(=O)c2cc(Br)cc3c2OCC3)cc1F. The van der Waals surface area contributed by atoms with Gasteiger partial charge in [0.15, 0.2) is 17.3 Å². The minimum atomic E-state index is -0.559. The van der Waals surface area contributed by atoms with Gasteiger partial charge in [0.1, 0.15) is 5.75 Å². The van der Waals surface area contributed by atoms with Gasteiger partial charge in [0.05, 0.1) is 19.3 Å². The number of rotatable bonds is 3. The second-order valence-electron chi connectivity index (χ2n) is 4.72. The fourth-order valence-corrected chi connectivity index (χ4v) is 2.91. The van der Waals surface area contributed by atoms with Gasteiger partial charge in [-0.2, -0.15) is 0 Å². The molecule has 0 atom stereocenters. The summed E-state index contributed by atoms with van der Waals surface area (Å²) in [5, 5.41) is 0. The van der Waals surface area contributed by atoms with Crippen molar-refractivity contribution >= 4 is 21.7 Å². The Morgan fingerprint density at radius 1 is 1.33 bits per heavy atom. The van der Waals surface area contributed by atoms with Gasteiger partial charge in [-0.25, -0.2) is 4.39 Å². The molecule has 0 amide bonds. The highest BCUT2D eigenvalue weighted by Crippen LogP contribution is 2.34. The summed E-state index contributed by atoms with van der Waals surface area (Å²) < 4.78 is 25.0. The Balaban J connectivity index is 2.05. The lowest BCUT2D eigenvalue weighted by atomic mass is 9.99. The molecule has 108 valence electrons. The van der Waals surface area contributed by atoms with E-state index < -0.39 is 5.82 Å². The number of methoxy groups -OCH3 is 1. The van der Waals surface area contributed by atoms with Crippen LogP contribution >= 0.6 is 15.9 Å². The minimum absolute atomic E-state index is 0.113. The summed E-state index contributed by atoms with van der Waals surface area (Å²) in [5.41, 5.74) is 1.70. The zero-order chi connectivity index (χ0) is 15.0. The van der Waals surface area contributed by atoms with E-state index in [-0.39, 0.29) is 17.1 Å². The number of ether oxygens (including phenoxy) is 2. The number of halogens is 2. The summed E-state index contributed by atoms with van der Waals surface area (Å²) in [4.78, 5) is 12.6. The Labute approximate surface area is 129 Å². The summed E-state index contributed by atoms with van der Waals surface area (Å²) in [5.74, 6) is -0.117. The molecule has 5 heteroatoms. The van der Waals surface area contributed by atoms with E-state index in [1.54, 1.807) is 12.1 Å². The monoisotopic (exact) mass is 350 g/mol. The average Bonchev–Trinajstić information content (AvgIpc) is 2.93. The number of benzene rings is 2. The fraction of sp³-hybridized carbons (Fsp3) is 0.188. The van der Waals surface area contributed by atoms with E-state index in [1.165, 1.54) is 19.2 Å². The van der Waals surface area contributed by atoms with Crippen LogP contribution in [0.2, 0.25) is 0 Å². The van der Waals surface area contributed by atoms with Crippen molar-refractivity contribution in [1.82, 2.24) is 0 Å². The number of carbonyl (C=O) groups is 1. The summed E-state index contributed by atoms with van der Waals surface area (Å²) in [6.45, 7) is 0.559. The van der Waals surface area contributed by atoms with Crippen molar-refractivity contribution in [3.8, 4) is 11.5 Å². The summed E-state index contributed by atoms with van der Waals surface area (Å²) >= 11 is 3.39. The second kappa shape index (κ2) is 5.48. The van der Waals surface area contributed by atoms with Crippen molar-refractivity contribution in [1.29, 1.82) is 0 Å². The summed E-state index contributed by atoms with van der Waals surface area (Å²) in [6, 6.07) is 7.82. The fourth-order valence-electron chi connectivity index (χ4n) is 2.40. The lowest BCUT2D eigenvalue weighted by molar-refractivity contribution is 0.103. The minimum Gasteiger partial charge on any atom is -0.494 e. The van der Waals surface area contributed by atoms with Gasteiger partial charge in [-0.1, -0.05) is 15.9 Å². The maximum atomic E-state index is 13.8. The van der Waals surface area contributed by atoms with Crippen LogP contribution in [0.3, 0.4) is 0 Å². The molecule has 0 aliphatic carbocycles. The molecule has 1 aliphatic rings. The molecule has 1 aliphatic heterocycles. The molecule has 0 aromatic heterocycles. The molecule has 0 N–H and O–H groups in total. The zero-order valence-corrected chi connectivity index (χ0v) is 12.9. The number of carbonyl (C=O) groups excluding carboxylic acids is 1. The normalized spacial score (nSPS) is 12.7. The van der Waals surface area contributed by atoms with Crippen LogP contribution in [0.1, 0.15) is 21.5 Å². The molecular weight excluding hydrogens is 339 g/mol. The first-order chi connectivity index (χ1) is 10.1. The summed E-state index contributed by atoms with van der Waals surface area (Å²) in [6.07, 6.45) is 0.770. The van der Waals surface area contributed by atoms with Crippen molar-refractivity contribution in [3.05, 3.63) is 57.3 Å². The van der Waals surface area contributed by atoms with Crippen molar-refractivity contribution in [2.75, 3.05) is 13.7 Å². The predicted molar refractivity (Wildman–Crippen MR) is 79.7 cm³/mol. The Morgan fingerprint density at radius 2 is 2.14 bits per heavy atom. The van der Waals surface area contributed by atoms with Crippen LogP contribution in [-0.4, -0.2) is 19.5 Å². The first kappa shape index (κ1) is 14.1. The van der Waals surface area contributed by atoms with Crippen LogP contribution in [0.15, 0.2) is 34.8 Å². The Bertz CT molecular complexity index is 728. The summed E-state index contributed by atoms with van der Waals surface area (Å²) in [7, 11) is 1.38. The molecule has 3 nitrogen and oxygen atoms in total. The van der Waals surface area contributed by atoms with E-state index in [9.17, 15) is 9.18 Å². The van der Waals surface area contributed by atoms with Crippen molar-refractivity contribution in [2.24, 2.45) is 0 Å². The van der Waals surface area contributed by atoms with Crippen molar-refractivity contribution < 1.29 is 18.7 Å². The first-order valence-electron chi connectivity index (χ1n) is 6.43. The smallest absolute Gasteiger partial charge is 0.196 e. The molecule has 0 radical (unpaired) electrons. The van der Waals surface area contributed by atoms with E-state index in [1.807, 2.05) is 6.07 Å². The molecule has 1 heterocycles. The van der Waals surface area contributed by atoms with Crippen LogP contribution in [-0.2, 0) is 6.42 Å². The van der Waals surface area contributed by atoms with Gasteiger partial charge in [-0.15, -0.1) is 0 Å². The number of hydrogen-bond donors (Lipinski definition) is 0. The highest BCUT2D eigenvalue weighted by molar-refractivity contribution is 9.10. The molecule has 3 rings (SSSR count). The molecule has 0 saturated carbocycles. The Hall–Kier alpha value is -1.88. The van der Waals surface area contributed by atoms with E-state index >= 15 is 0 Å². The van der Waals surface area contributed by atoms with Crippen molar-refractivity contribution in [3.63, 3.8) is 0 Å². The number of ketones is 1. The van der Waals surface area contributed by atoms with E-state index in [2.05, 4.69) is 15.9 Å². The predicted octanol–water partition coefficient (Wildman–Crippen LogP) is 3.76. The van der Waals surface area contributed by atoms with Gasteiger partial charge < -0.3 is 9.47 Å². The van der Waals surface area contributed by atoms with Gasteiger partial charge in [0, 0.05) is 16.5 Å². The maximum Gasteiger partial charge on any atom is 0.196 e. The highest BCUT2D eigenvalue weighted by Gasteiger charge is 2.23. The first-order valence-corrected chi connectivity index (χ1v) is 7.23. The number of hydrogen-bond acceptors (Lipinski definition) is 3. The molecule has 0 saturated heterocycles. The third-order valence-corrected chi connectivity index (χ3v) is 3.86. The molecule has 2 aromatic carbocycles. The zero-order valence-electron chi connectivity index (χ0n) is 11.3. The van der Waals surface area contributed by atoms with Crippen molar-refractivity contribution in [2.45, 2.75) is 6.42 Å². The standard InChI is InChI=1S/C16H12BrFO3/c1-20-14-3-2-9(7-13(14)18)15(19)12-8-11(17)6-10-4-5-21-16(10)12/h2-3,6-8H,4-5H2,1H3. The lowest BCUT2D eigenvalue weighted by Gasteiger charge is -2.09. The van der Waals surface area contributed by atoms with Crippen LogP contribution in [0, 0.1) is 5.82 Å². The van der Waals surface area contributed by atoms with Gasteiger partial charge in [0.2, 0.25) is 0 Å². The molecule has 2 aromatic rings. The topological polar surface area (TPSA) is 35.5 Å². The maximum absolute atomic E-state index is 13.8. The largest absolute Gasteiger partial charge is 0.494 e. The van der Waals surface area contributed by atoms with Gasteiger partial charge in [-0.3, -0.25) is 4.79 Å². The Kier molecular flexibility index (Phi) is 3.68. The Morgan fingerprint density at radius 3 is 2.86 bits per heavy atom. The van der Waals surface area contributed by atoms with Crippen LogP contribution in [0.4, 0.5) is 4.39 Å². The highest BCUT2D eigenvalue weighted by atomic mass is 79.9. The molecule has 0 unspecified atom stereocenters. The third-order valence-electron chi connectivity index (χ3n) is 3.41. The lowest BCUT2D eigenvalue weighted by Crippen LogP contribution is -2.05. The van der Waals surface area contributed by atoms with Gasteiger partial charge in [0.25, 0.3) is 0 Å². The van der Waals surface area contributed by atoms with Gasteiger partial charge >= 0.3 is 0 Å². The molecular formula is C16H12BrFO3. The number of fused-ring (bicyclic) bond motifs is 1. The van der Waals surface area contributed by atoms with Crippen LogP contribution < -0.4 is 9.47 Å².